The van der Waals surface area contributed by atoms with Crippen LogP contribution in [-0.4, -0.2) is 33.1 Å². The van der Waals surface area contributed by atoms with Gasteiger partial charge in [0.15, 0.2) is 0 Å². The van der Waals surface area contributed by atoms with Gasteiger partial charge in [-0.2, -0.15) is 0 Å². The molecule has 168 valence electrons. The van der Waals surface area contributed by atoms with E-state index in [1.807, 2.05) is 6.20 Å². The van der Waals surface area contributed by atoms with Gasteiger partial charge >= 0.3 is 0 Å². The van der Waals surface area contributed by atoms with Crippen LogP contribution in [0.4, 0.5) is 5.82 Å². The fourth-order valence-electron chi connectivity index (χ4n) is 5.19. The Morgan fingerprint density at radius 2 is 1.97 bits per heavy atom. The maximum atomic E-state index is 6.14. The zero-order chi connectivity index (χ0) is 22.6. The fraction of sp³-hybridized carbons (Fsp3) is 0.370. The monoisotopic (exact) mass is 439 g/mol. The number of hydrogen-bond acceptors (Lipinski definition) is 5. The molecule has 0 unspecified atom stereocenters. The van der Waals surface area contributed by atoms with E-state index in [0.29, 0.717) is 6.61 Å². The summed E-state index contributed by atoms with van der Waals surface area (Å²) in [5, 5.41) is 0. The first kappa shape index (κ1) is 20.2. The molecule has 1 N–H and O–H groups in total. The van der Waals surface area contributed by atoms with Crippen molar-refractivity contribution in [3.05, 3.63) is 65.4 Å². The van der Waals surface area contributed by atoms with Gasteiger partial charge in [0.25, 0.3) is 0 Å². The molecule has 0 spiro atoms. The van der Waals surface area contributed by atoms with Gasteiger partial charge in [-0.05, 0) is 61.4 Å². The minimum Gasteiger partial charge on any atom is -0.491 e. The summed E-state index contributed by atoms with van der Waals surface area (Å²) in [5.41, 5.74) is 9.40. The quantitative estimate of drug-likeness (QED) is 0.463. The van der Waals surface area contributed by atoms with E-state index in [4.69, 9.17) is 9.72 Å². The molecule has 3 aromatic heterocycles. The molecular formula is C27H29N5O. The van der Waals surface area contributed by atoms with Crippen LogP contribution in [0.3, 0.4) is 0 Å². The van der Waals surface area contributed by atoms with E-state index in [1.165, 1.54) is 23.2 Å². The number of rotatable bonds is 2. The summed E-state index contributed by atoms with van der Waals surface area (Å²) in [7, 11) is 0. The number of aromatic amines is 1. The van der Waals surface area contributed by atoms with E-state index in [1.54, 1.807) is 6.33 Å². The fourth-order valence-corrected chi connectivity index (χ4v) is 5.19. The topological polar surface area (TPSA) is 66.9 Å². The lowest BCUT2D eigenvalue weighted by Gasteiger charge is -2.33. The average Bonchev–Trinajstić information content (AvgIpc) is 3.04. The smallest absolute Gasteiger partial charge is 0.135 e. The Bertz CT molecular complexity index is 1360. The number of aryl methyl sites for hydroxylation is 2. The number of benzene rings is 1. The maximum Gasteiger partial charge on any atom is 0.135 e. The molecule has 0 radical (unpaired) electrons. The van der Waals surface area contributed by atoms with Crippen molar-refractivity contribution in [2.75, 3.05) is 18.1 Å². The Morgan fingerprint density at radius 3 is 2.88 bits per heavy atom. The second-order valence-corrected chi connectivity index (χ2v) is 10.2. The summed E-state index contributed by atoms with van der Waals surface area (Å²) in [4.78, 5) is 19.8. The van der Waals surface area contributed by atoms with Gasteiger partial charge < -0.3 is 14.6 Å². The van der Waals surface area contributed by atoms with Crippen molar-refractivity contribution in [2.45, 2.75) is 46.6 Å². The van der Waals surface area contributed by atoms with Gasteiger partial charge in [-0.1, -0.05) is 19.9 Å². The van der Waals surface area contributed by atoms with E-state index in [0.717, 1.165) is 65.4 Å². The van der Waals surface area contributed by atoms with E-state index in [9.17, 15) is 0 Å². The lowest BCUT2D eigenvalue weighted by molar-refractivity contribution is 0.310. The highest BCUT2D eigenvalue weighted by atomic mass is 16.5. The second kappa shape index (κ2) is 7.58. The normalized spacial score (nSPS) is 17.2. The number of aromatic nitrogens is 4. The van der Waals surface area contributed by atoms with Gasteiger partial charge in [0.05, 0.1) is 17.6 Å². The van der Waals surface area contributed by atoms with Gasteiger partial charge in [-0.15, -0.1) is 0 Å². The Balaban J connectivity index is 1.36. The molecule has 6 rings (SSSR count). The third-order valence-electron chi connectivity index (χ3n) is 6.98. The van der Waals surface area contributed by atoms with Gasteiger partial charge in [0.1, 0.15) is 24.5 Å². The molecule has 33 heavy (non-hydrogen) atoms. The zero-order valence-electron chi connectivity index (χ0n) is 19.5. The van der Waals surface area contributed by atoms with Crippen LogP contribution in [0.2, 0.25) is 0 Å². The highest BCUT2D eigenvalue weighted by Gasteiger charge is 2.30. The van der Waals surface area contributed by atoms with Crippen LogP contribution in [0.15, 0.2) is 42.9 Å². The number of nitrogens with one attached hydrogen (secondary N) is 1. The molecule has 0 atom stereocenters. The third kappa shape index (κ3) is 3.73. The molecule has 6 nitrogen and oxygen atoms in total. The largest absolute Gasteiger partial charge is 0.491 e. The van der Waals surface area contributed by atoms with Crippen LogP contribution in [-0.2, 0) is 19.4 Å². The van der Waals surface area contributed by atoms with Gasteiger partial charge in [0.2, 0.25) is 0 Å². The molecule has 1 aliphatic heterocycles. The molecule has 4 aromatic rings. The highest BCUT2D eigenvalue weighted by molar-refractivity contribution is 5.81. The molecule has 0 bridgehead atoms. The summed E-state index contributed by atoms with van der Waals surface area (Å²) in [6.45, 7) is 8.96. The summed E-state index contributed by atoms with van der Waals surface area (Å²) in [5.74, 6) is 2.02. The molecule has 2 aliphatic rings. The summed E-state index contributed by atoms with van der Waals surface area (Å²) >= 11 is 0. The molecule has 6 heteroatoms. The zero-order valence-corrected chi connectivity index (χ0v) is 19.5. The van der Waals surface area contributed by atoms with Gasteiger partial charge in [-0.25, -0.2) is 9.97 Å². The predicted molar refractivity (Wildman–Crippen MR) is 131 cm³/mol. The first-order chi connectivity index (χ1) is 15.9. The van der Waals surface area contributed by atoms with E-state index < -0.39 is 0 Å². The summed E-state index contributed by atoms with van der Waals surface area (Å²) in [6, 6.07) is 10.7. The Kier molecular flexibility index (Phi) is 4.64. The number of hydrogen-bond donors (Lipinski definition) is 1. The van der Waals surface area contributed by atoms with Gasteiger partial charge in [-0.3, -0.25) is 4.98 Å². The first-order valence-corrected chi connectivity index (χ1v) is 11.7. The minimum atomic E-state index is 0.279. The number of anilines is 1. The second-order valence-electron chi connectivity index (χ2n) is 10.2. The Morgan fingerprint density at radius 1 is 1.06 bits per heavy atom. The molecule has 0 amide bonds. The van der Waals surface area contributed by atoms with Crippen molar-refractivity contribution in [2.24, 2.45) is 5.41 Å². The average molecular weight is 440 g/mol. The SMILES string of the molecule is Cc1cc2ncc(-c3ccc4c(c3)CN(c3ncnc5c3CC(C)(C)CC5)CCO4)cc2[nH]1. The number of nitrogens with zero attached hydrogens (tertiary/aromatic N) is 4. The highest BCUT2D eigenvalue weighted by Crippen LogP contribution is 2.39. The van der Waals surface area contributed by atoms with Crippen molar-refractivity contribution in [1.29, 1.82) is 0 Å². The Hall–Kier alpha value is -3.41. The van der Waals surface area contributed by atoms with Crippen LogP contribution >= 0.6 is 0 Å². The summed E-state index contributed by atoms with van der Waals surface area (Å²) < 4.78 is 6.14. The first-order valence-electron chi connectivity index (χ1n) is 11.7. The third-order valence-corrected chi connectivity index (χ3v) is 6.98. The van der Waals surface area contributed by atoms with Crippen LogP contribution in [0.25, 0.3) is 22.2 Å². The van der Waals surface area contributed by atoms with Crippen LogP contribution < -0.4 is 9.64 Å². The molecule has 0 saturated carbocycles. The predicted octanol–water partition coefficient (Wildman–Crippen LogP) is 5.24. The van der Waals surface area contributed by atoms with E-state index in [-0.39, 0.29) is 5.41 Å². The molecule has 4 heterocycles. The summed E-state index contributed by atoms with van der Waals surface area (Å²) in [6.07, 6.45) is 6.90. The number of pyridine rings is 1. The minimum absolute atomic E-state index is 0.279. The van der Waals surface area contributed by atoms with Crippen LogP contribution in [0, 0.1) is 12.3 Å². The lowest BCUT2D eigenvalue weighted by Crippen LogP contribution is -2.31. The van der Waals surface area contributed by atoms with Crippen molar-refractivity contribution < 1.29 is 4.74 Å². The van der Waals surface area contributed by atoms with Crippen molar-refractivity contribution in [3.8, 4) is 16.9 Å². The standard InChI is InChI=1S/C27H29N5O/c1-17-10-23-24(31-17)12-19(14-28-23)18-4-5-25-20(11-18)15-32(8-9-33-25)26-21-13-27(2,3)7-6-22(21)29-16-30-26/h4-5,10-12,14,16,31H,6-9,13,15H2,1-3H3. The van der Waals surface area contributed by atoms with E-state index >= 15 is 0 Å². The molecule has 1 aromatic carbocycles. The lowest BCUT2D eigenvalue weighted by atomic mass is 9.76. The van der Waals surface area contributed by atoms with Crippen molar-refractivity contribution in [3.63, 3.8) is 0 Å². The maximum absolute atomic E-state index is 6.14. The number of H-pyrrole nitrogens is 1. The number of fused-ring (bicyclic) bond motifs is 3. The number of ether oxygens (including phenoxy) is 1. The van der Waals surface area contributed by atoms with E-state index in [2.05, 4.69) is 71.0 Å². The van der Waals surface area contributed by atoms with Crippen molar-refractivity contribution in [1.82, 2.24) is 19.9 Å². The molecule has 0 fully saturated rings. The van der Waals surface area contributed by atoms with Crippen LogP contribution in [0.1, 0.15) is 42.8 Å². The molecule has 1 aliphatic carbocycles. The molecular weight excluding hydrogens is 410 g/mol. The van der Waals surface area contributed by atoms with Crippen LogP contribution in [0.5, 0.6) is 5.75 Å². The Labute approximate surface area is 194 Å². The molecule has 0 saturated heterocycles. The van der Waals surface area contributed by atoms with Crippen molar-refractivity contribution >= 4 is 16.9 Å². The van der Waals surface area contributed by atoms with Gasteiger partial charge in [0, 0.05) is 40.8 Å².